The van der Waals surface area contributed by atoms with Crippen molar-refractivity contribution in [2.24, 2.45) is 0 Å². The number of amides is 1. The lowest BCUT2D eigenvalue weighted by Gasteiger charge is -2.18. The van der Waals surface area contributed by atoms with Gasteiger partial charge in [-0.3, -0.25) is 4.79 Å². The molecule has 0 aromatic heterocycles. The van der Waals surface area contributed by atoms with Gasteiger partial charge in [0, 0.05) is 18.8 Å². The van der Waals surface area contributed by atoms with Crippen LogP contribution < -0.4 is 5.32 Å². The quantitative estimate of drug-likeness (QED) is 0.665. The van der Waals surface area contributed by atoms with Crippen molar-refractivity contribution in [1.82, 2.24) is 4.31 Å². The van der Waals surface area contributed by atoms with Crippen molar-refractivity contribution in [1.29, 1.82) is 0 Å². The predicted molar refractivity (Wildman–Crippen MR) is 111 cm³/mol. The Hall–Kier alpha value is -2.71. The van der Waals surface area contributed by atoms with Gasteiger partial charge >= 0.3 is 5.97 Å². The molecule has 156 valence electrons. The molecule has 0 bridgehead atoms. The molecule has 0 saturated heterocycles. The smallest absolute Gasteiger partial charge is 0.338 e. The summed E-state index contributed by atoms with van der Waals surface area (Å²) in [6, 6.07) is 11.4. The number of hydrogen-bond donors (Lipinski definition) is 1. The van der Waals surface area contributed by atoms with E-state index >= 15 is 0 Å². The van der Waals surface area contributed by atoms with Crippen molar-refractivity contribution in [3.05, 3.63) is 59.2 Å². The summed E-state index contributed by atoms with van der Waals surface area (Å²) in [5.41, 5.74) is 2.39. The fourth-order valence-electron chi connectivity index (χ4n) is 2.81. The van der Waals surface area contributed by atoms with Gasteiger partial charge in [-0.2, -0.15) is 4.31 Å². The maximum absolute atomic E-state index is 12.6. The fraction of sp³-hybridized carbons (Fsp3) is 0.333. The lowest BCUT2D eigenvalue weighted by Crippen LogP contribution is -2.30. The van der Waals surface area contributed by atoms with Gasteiger partial charge in [0.1, 0.15) is 0 Å². The SMILES string of the molecule is CCN(CC)S(=O)(=O)c1cccc(NC(=O)COC(=O)c2cc(C)ccc2C)c1. The highest BCUT2D eigenvalue weighted by atomic mass is 32.2. The molecular weight excluding hydrogens is 392 g/mol. The van der Waals surface area contributed by atoms with Crippen molar-refractivity contribution >= 4 is 27.6 Å². The molecule has 7 nitrogen and oxygen atoms in total. The third-order valence-electron chi connectivity index (χ3n) is 4.41. The molecule has 0 fully saturated rings. The van der Waals surface area contributed by atoms with E-state index in [1.807, 2.05) is 19.1 Å². The van der Waals surface area contributed by atoms with E-state index in [0.717, 1.165) is 11.1 Å². The van der Waals surface area contributed by atoms with Gasteiger partial charge in [0.05, 0.1) is 10.5 Å². The average Bonchev–Trinajstić information content (AvgIpc) is 2.69. The van der Waals surface area contributed by atoms with Crippen molar-refractivity contribution in [2.45, 2.75) is 32.6 Å². The van der Waals surface area contributed by atoms with Crippen molar-refractivity contribution in [2.75, 3.05) is 25.0 Å². The Kier molecular flexibility index (Phi) is 7.53. The molecule has 1 amide bonds. The monoisotopic (exact) mass is 418 g/mol. The van der Waals surface area contributed by atoms with Crippen LogP contribution in [0.1, 0.15) is 35.3 Å². The molecule has 2 aromatic carbocycles. The van der Waals surface area contributed by atoms with Crippen LogP contribution in [0.2, 0.25) is 0 Å². The molecule has 0 atom stereocenters. The summed E-state index contributed by atoms with van der Waals surface area (Å²) in [4.78, 5) is 24.5. The van der Waals surface area contributed by atoms with Gasteiger partial charge < -0.3 is 10.1 Å². The van der Waals surface area contributed by atoms with E-state index in [1.54, 1.807) is 39.0 Å². The van der Waals surface area contributed by atoms with Gasteiger partial charge in [-0.05, 0) is 43.7 Å². The van der Waals surface area contributed by atoms with Crippen LogP contribution in [0.3, 0.4) is 0 Å². The number of esters is 1. The molecule has 0 radical (unpaired) electrons. The molecule has 0 aliphatic heterocycles. The number of sulfonamides is 1. The Labute approximate surface area is 171 Å². The lowest BCUT2D eigenvalue weighted by atomic mass is 10.1. The first kappa shape index (κ1) is 22.6. The van der Waals surface area contributed by atoms with Gasteiger partial charge in [-0.15, -0.1) is 0 Å². The van der Waals surface area contributed by atoms with Crippen LogP contribution in [0.5, 0.6) is 0 Å². The zero-order valence-corrected chi connectivity index (χ0v) is 17.9. The van der Waals surface area contributed by atoms with E-state index in [9.17, 15) is 18.0 Å². The third kappa shape index (κ3) is 5.65. The van der Waals surface area contributed by atoms with Crippen molar-refractivity contribution < 1.29 is 22.7 Å². The summed E-state index contributed by atoms with van der Waals surface area (Å²) < 4.78 is 31.6. The summed E-state index contributed by atoms with van der Waals surface area (Å²) in [7, 11) is -3.63. The van der Waals surface area contributed by atoms with Crippen LogP contribution in [-0.2, 0) is 19.6 Å². The molecule has 0 heterocycles. The number of nitrogens with one attached hydrogen (secondary N) is 1. The number of rotatable bonds is 8. The molecule has 0 unspecified atom stereocenters. The number of aryl methyl sites for hydroxylation is 2. The molecule has 0 aliphatic rings. The topological polar surface area (TPSA) is 92.8 Å². The highest BCUT2D eigenvalue weighted by molar-refractivity contribution is 7.89. The number of ether oxygens (including phenoxy) is 1. The Balaban J connectivity index is 2.04. The summed E-state index contributed by atoms with van der Waals surface area (Å²) in [5, 5.41) is 2.56. The van der Waals surface area contributed by atoms with E-state index in [-0.39, 0.29) is 4.90 Å². The fourth-order valence-corrected chi connectivity index (χ4v) is 4.31. The van der Waals surface area contributed by atoms with E-state index in [1.165, 1.54) is 16.4 Å². The third-order valence-corrected chi connectivity index (χ3v) is 6.45. The summed E-state index contributed by atoms with van der Waals surface area (Å²) >= 11 is 0. The van der Waals surface area contributed by atoms with E-state index in [0.29, 0.717) is 24.3 Å². The number of anilines is 1. The second-order valence-electron chi connectivity index (χ2n) is 6.56. The van der Waals surface area contributed by atoms with E-state index in [2.05, 4.69) is 5.32 Å². The standard InChI is InChI=1S/C21H26N2O5S/c1-5-23(6-2)29(26,27)18-9-7-8-17(13-18)22-20(24)14-28-21(25)19-12-15(3)10-11-16(19)4/h7-13H,5-6,14H2,1-4H3,(H,22,24). The zero-order chi connectivity index (χ0) is 21.6. The largest absolute Gasteiger partial charge is 0.452 e. The number of carbonyl (C=O) groups excluding carboxylic acids is 2. The minimum atomic E-state index is -3.63. The van der Waals surface area contributed by atoms with E-state index < -0.39 is 28.5 Å². The number of carbonyl (C=O) groups is 2. The van der Waals surface area contributed by atoms with Crippen LogP contribution >= 0.6 is 0 Å². The van der Waals surface area contributed by atoms with Crippen LogP contribution in [0.15, 0.2) is 47.4 Å². The maximum atomic E-state index is 12.6. The van der Waals surface area contributed by atoms with E-state index in [4.69, 9.17) is 4.74 Å². The molecule has 8 heteroatoms. The normalized spacial score (nSPS) is 11.3. The maximum Gasteiger partial charge on any atom is 0.338 e. The summed E-state index contributed by atoms with van der Waals surface area (Å²) in [6.07, 6.45) is 0. The second kappa shape index (κ2) is 9.67. The average molecular weight is 419 g/mol. The minimum Gasteiger partial charge on any atom is -0.452 e. The van der Waals surface area contributed by atoms with Crippen molar-refractivity contribution in [3.8, 4) is 0 Å². The number of hydrogen-bond acceptors (Lipinski definition) is 5. The van der Waals surface area contributed by atoms with Crippen LogP contribution in [0.4, 0.5) is 5.69 Å². The van der Waals surface area contributed by atoms with Crippen molar-refractivity contribution in [3.63, 3.8) is 0 Å². The van der Waals surface area contributed by atoms with Crippen LogP contribution in [-0.4, -0.2) is 44.3 Å². The first-order valence-electron chi connectivity index (χ1n) is 9.33. The molecule has 0 saturated carbocycles. The molecule has 29 heavy (non-hydrogen) atoms. The van der Waals surface area contributed by atoms with Crippen LogP contribution in [0, 0.1) is 13.8 Å². The number of nitrogens with zero attached hydrogens (tertiary/aromatic N) is 1. The Bertz CT molecular complexity index is 998. The molecule has 2 aromatic rings. The lowest BCUT2D eigenvalue weighted by molar-refractivity contribution is -0.119. The first-order chi connectivity index (χ1) is 13.7. The highest BCUT2D eigenvalue weighted by Gasteiger charge is 2.22. The number of benzene rings is 2. The minimum absolute atomic E-state index is 0.0892. The Morgan fingerprint density at radius 1 is 1.03 bits per heavy atom. The predicted octanol–water partition coefficient (Wildman–Crippen LogP) is 3.13. The van der Waals surface area contributed by atoms with Gasteiger partial charge in [-0.25, -0.2) is 13.2 Å². The molecular formula is C21H26N2O5S. The molecule has 0 aliphatic carbocycles. The Morgan fingerprint density at radius 3 is 2.38 bits per heavy atom. The Morgan fingerprint density at radius 2 is 1.72 bits per heavy atom. The van der Waals surface area contributed by atoms with Gasteiger partial charge in [0.2, 0.25) is 10.0 Å². The second-order valence-corrected chi connectivity index (χ2v) is 8.50. The molecule has 2 rings (SSSR count). The van der Waals surface area contributed by atoms with Gasteiger partial charge in [0.25, 0.3) is 5.91 Å². The molecule has 1 N–H and O–H groups in total. The summed E-state index contributed by atoms with van der Waals surface area (Å²) in [5.74, 6) is -1.14. The zero-order valence-electron chi connectivity index (χ0n) is 17.1. The highest BCUT2D eigenvalue weighted by Crippen LogP contribution is 2.19. The first-order valence-corrected chi connectivity index (χ1v) is 10.8. The van der Waals surface area contributed by atoms with Gasteiger partial charge in [0.15, 0.2) is 6.61 Å². The molecule has 0 spiro atoms. The summed E-state index contributed by atoms with van der Waals surface area (Å²) in [6.45, 7) is 7.40. The van der Waals surface area contributed by atoms with Crippen LogP contribution in [0.25, 0.3) is 0 Å². The van der Waals surface area contributed by atoms with Gasteiger partial charge in [-0.1, -0.05) is 37.6 Å².